The third-order valence-electron chi connectivity index (χ3n) is 21.1. The fraction of sp³-hybridized carbons (Fsp3) is 0.914. The highest BCUT2D eigenvalue weighted by Gasteiger charge is 2.69. The van der Waals surface area contributed by atoms with Gasteiger partial charge in [0.25, 0.3) is 0 Å². The van der Waals surface area contributed by atoms with E-state index in [4.69, 9.17) is 66.3 Å². The lowest BCUT2D eigenvalue weighted by atomic mass is 9.79. The van der Waals surface area contributed by atoms with Crippen molar-refractivity contribution in [3.05, 3.63) is 24.3 Å². The molecule has 15 aliphatic rings. The molecule has 0 aromatic heterocycles. The lowest BCUT2D eigenvalue weighted by Crippen LogP contribution is -2.62. The molecule has 2 unspecified atom stereocenters. The van der Waals surface area contributed by atoms with Crippen molar-refractivity contribution in [1.29, 1.82) is 0 Å². The molecule has 0 radical (unpaired) electrons. The van der Waals surface area contributed by atoms with Crippen LogP contribution in [0.15, 0.2) is 24.3 Å². The number of carbonyl (C=O) groups excluding carboxylic acids is 1. The second kappa shape index (κ2) is 20.0. The minimum absolute atomic E-state index is 0.0138. The summed E-state index contributed by atoms with van der Waals surface area (Å²) in [5.41, 5.74) is 2.14. The summed E-state index contributed by atoms with van der Waals surface area (Å²) in [5.74, 6) is -2.12. The Morgan fingerprint density at radius 3 is 2.16 bits per heavy atom. The average Bonchev–Trinajstić information content (AvgIpc) is 4.29. The lowest BCUT2D eigenvalue weighted by Gasteiger charge is -2.50. The van der Waals surface area contributed by atoms with E-state index >= 15 is 0 Å². The van der Waals surface area contributed by atoms with Crippen molar-refractivity contribution >= 4 is 5.97 Å². The van der Waals surface area contributed by atoms with Gasteiger partial charge in [-0.2, -0.15) is 0 Å². The molecule has 0 amide bonds. The maximum Gasteiger partial charge on any atom is 0.308 e. The number of esters is 1. The Hall–Kier alpha value is -1.69. The van der Waals surface area contributed by atoms with E-state index < -0.39 is 72.6 Å². The van der Waals surface area contributed by atoms with E-state index in [9.17, 15) is 20.1 Å². The minimum atomic E-state index is -1.03. The molecule has 15 fully saturated rings. The molecule has 15 aliphatic heterocycles. The Labute approximate surface area is 446 Å². The zero-order valence-electron chi connectivity index (χ0n) is 44.9. The Bertz CT molecular complexity index is 2200. The zero-order chi connectivity index (χ0) is 52.1. The van der Waals surface area contributed by atoms with Crippen molar-refractivity contribution in [2.45, 2.75) is 301 Å². The molecule has 15 rings (SSSR count). The van der Waals surface area contributed by atoms with Crippen molar-refractivity contribution in [2.24, 2.45) is 23.7 Å². The third-order valence-corrected chi connectivity index (χ3v) is 21.1. The normalized spacial score (nSPS) is 57.0. The first-order valence-electron chi connectivity index (χ1n) is 29.7. The van der Waals surface area contributed by atoms with Crippen molar-refractivity contribution < 1.29 is 86.4 Å². The fourth-order valence-electron chi connectivity index (χ4n) is 17.2. The summed E-state index contributed by atoms with van der Waals surface area (Å²) in [4.78, 5) is 14.5. The Balaban J connectivity index is 0.681. The largest absolute Gasteiger partial charge is 0.459 e. The van der Waals surface area contributed by atoms with Gasteiger partial charge in [0.15, 0.2) is 11.6 Å². The first kappa shape index (κ1) is 52.4. The predicted molar refractivity (Wildman–Crippen MR) is 265 cm³/mol. The highest BCUT2D eigenvalue weighted by atomic mass is 16.8. The Morgan fingerprint density at radius 1 is 0.566 bits per heavy atom. The van der Waals surface area contributed by atoms with Crippen LogP contribution in [0.25, 0.3) is 0 Å². The summed E-state index contributed by atoms with van der Waals surface area (Å²) in [6, 6.07) is 0. The van der Waals surface area contributed by atoms with Crippen molar-refractivity contribution in [1.82, 2.24) is 0 Å². The average molecular weight is 1070 g/mol. The van der Waals surface area contributed by atoms with E-state index in [1.165, 1.54) is 0 Å². The van der Waals surface area contributed by atoms with Crippen LogP contribution in [0, 0.1) is 23.7 Å². The quantitative estimate of drug-likeness (QED) is 0.255. The van der Waals surface area contributed by atoms with Gasteiger partial charge in [0.2, 0.25) is 0 Å². The van der Waals surface area contributed by atoms with Crippen molar-refractivity contribution in [3.8, 4) is 0 Å². The third kappa shape index (κ3) is 9.26. The van der Waals surface area contributed by atoms with E-state index in [-0.39, 0.29) is 134 Å². The summed E-state index contributed by atoms with van der Waals surface area (Å²) >= 11 is 0. The summed E-state index contributed by atoms with van der Waals surface area (Å²) in [6.45, 7) is 17.4. The molecule has 0 aliphatic carbocycles. The molecule has 424 valence electrons. The van der Waals surface area contributed by atoms with Gasteiger partial charge in [-0.25, -0.2) is 0 Å². The van der Waals surface area contributed by atoms with Gasteiger partial charge in [-0.3, -0.25) is 4.79 Å². The van der Waals surface area contributed by atoms with E-state index in [1.54, 1.807) is 0 Å². The molecule has 76 heavy (non-hydrogen) atoms. The van der Waals surface area contributed by atoms with Crippen LogP contribution in [0.3, 0.4) is 0 Å². The first-order valence-corrected chi connectivity index (χ1v) is 29.7. The van der Waals surface area contributed by atoms with Gasteiger partial charge < -0.3 is 81.6 Å². The van der Waals surface area contributed by atoms with Crippen LogP contribution in [0.2, 0.25) is 0 Å². The predicted octanol–water partition coefficient (Wildman–Crippen LogP) is 4.81. The lowest BCUT2D eigenvalue weighted by molar-refractivity contribution is -0.293. The van der Waals surface area contributed by atoms with Gasteiger partial charge in [0.05, 0.1) is 123 Å². The number of rotatable bonds is 4. The van der Waals surface area contributed by atoms with E-state index in [0.717, 1.165) is 56.1 Å². The van der Waals surface area contributed by atoms with Gasteiger partial charge in [0, 0.05) is 50.9 Å². The van der Waals surface area contributed by atoms with Crippen LogP contribution in [0.1, 0.15) is 137 Å². The highest BCUT2D eigenvalue weighted by molar-refractivity contribution is 5.70. The van der Waals surface area contributed by atoms with E-state index in [1.807, 2.05) is 0 Å². The van der Waals surface area contributed by atoms with Gasteiger partial charge in [-0.15, -0.1) is 0 Å². The van der Waals surface area contributed by atoms with Crippen LogP contribution in [-0.4, -0.2) is 192 Å². The SMILES string of the molecule is C=C1C[C@@H]2CC[C@@]34C[C@H]5O[C@H]6C(O3)[C@H]3O[C@H](CC[C@@H]3O[C@H]6[C@H]5O4)CC(=O)O[C@@H]3[C@@H](C)[C@@H]4O[C@@H]5C[C@]6(C[C@H](O)[C@H]([C@@H](C)CC7C[C@H](C)[C@@H]8O[C@H](CO)[C@H](O)C[C@@H]8O7)O6)O[C@@H]5C[C@@H]4O[C@H]3C[C@H]3O[C@@H](CC[C@@H]1O2)C[C@@H](C)C3=C. The Morgan fingerprint density at radius 2 is 1.30 bits per heavy atom. The Kier molecular flexibility index (Phi) is 13.8. The van der Waals surface area contributed by atoms with Crippen molar-refractivity contribution in [2.75, 3.05) is 6.61 Å². The van der Waals surface area contributed by atoms with Crippen LogP contribution in [0.5, 0.6) is 0 Å². The fourth-order valence-corrected chi connectivity index (χ4v) is 17.2. The van der Waals surface area contributed by atoms with Gasteiger partial charge in [0.1, 0.15) is 42.7 Å². The molecule has 2 spiro atoms. The first-order chi connectivity index (χ1) is 36.6. The molecule has 0 saturated carbocycles. The molecular formula is C58H84O18. The number of hydrogen-bond donors (Lipinski definition) is 3. The summed E-state index contributed by atoms with van der Waals surface area (Å²) in [5, 5.41) is 32.0. The summed E-state index contributed by atoms with van der Waals surface area (Å²) in [7, 11) is 0. The maximum absolute atomic E-state index is 14.5. The molecule has 15 saturated heterocycles. The summed E-state index contributed by atoms with van der Waals surface area (Å²) < 4.78 is 95.2. The van der Waals surface area contributed by atoms with Crippen LogP contribution in [0.4, 0.5) is 0 Å². The molecule has 12 bridgehead atoms. The minimum Gasteiger partial charge on any atom is -0.459 e. The van der Waals surface area contributed by atoms with E-state index in [2.05, 4.69) is 40.9 Å². The highest BCUT2D eigenvalue weighted by Crippen LogP contribution is 2.56. The zero-order valence-corrected chi connectivity index (χ0v) is 44.9. The van der Waals surface area contributed by atoms with Gasteiger partial charge in [-0.1, -0.05) is 40.9 Å². The standard InChI is InChI=1S/C58H84O18/c1-25-13-31-7-9-37-26(2)14-33(63-37)11-12-57-23-45-53(75-57)54-55(70-45)56(76-57)52-38(68-54)10-8-32(66-52)17-47(62)72-51-30(6)50-43(67-42(51)19-39(64-31)29(25)5)20-40-44(69-50)22-58(73-40)21-36(61)48(74-58)27(3)15-34-16-28(4)49-41(65-34)18-35(60)46(24-59)71-49/h25,27-28,30-46,48-56,59-61H,2,5,7-24H2,1,3-4,6H3/t25-,27+,28+,30+,31+,32-,33+,34?,35-,36+,37+,38+,39-,40-,41+,42+,43+,44-,45-,46-,48+,49+,50+,51-,52+,53+,54+,55-,56?,57+,58-/m1/s1. The van der Waals surface area contributed by atoms with Crippen LogP contribution in [-0.2, 0) is 71.1 Å². The number of fused-ring (bicyclic) bond motifs is 9. The number of aliphatic hydroxyl groups excluding tert-OH is 3. The number of carbonyl (C=O) groups is 1. The molecule has 18 heteroatoms. The molecule has 31 atom stereocenters. The summed E-state index contributed by atoms with van der Waals surface area (Å²) in [6.07, 6.45) is 2.00. The van der Waals surface area contributed by atoms with Gasteiger partial charge >= 0.3 is 5.97 Å². The molecule has 0 aromatic carbocycles. The number of hydrogen-bond acceptors (Lipinski definition) is 18. The molecule has 18 nitrogen and oxygen atoms in total. The van der Waals surface area contributed by atoms with Crippen LogP contribution < -0.4 is 0 Å². The van der Waals surface area contributed by atoms with E-state index in [0.29, 0.717) is 57.8 Å². The smallest absolute Gasteiger partial charge is 0.308 e. The second-order valence-electron chi connectivity index (χ2n) is 26.4. The number of ether oxygens (including phenoxy) is 14. The maximum atomic E-state index is 14.5. The monoisotopic (exact) mass is 1070 g/mol. The topological polar surface area (TPSA) is 207 Å². The van der Waals surface area contributed by atoms with Crippen molar-refractivity contribution in [3.63, 3.8) is 0 Å². The molecule has 15 heterocycles. The number of aliphatic hydroxyl groups is 3. The molecule has 3 N–H and O–H groups in total. The van der Waals surface area contributed by atoms with Crippen LogP contribution >= 0.6 is 0 Å². The second-order valence-corrected chi connectivity index (χ2v) is 26.4. The molecule has 0 aromatic rings. The van der Waals surface area contributed by atoms with Gasteiger partial charge in [-0.05, 0) is 86.7 Å². The molecular weight excluding hydrogens is 985 g/mol.